The van der Waals surface area contributed by atoms with Gasteiger partial charge in [0.2, 0.25) is 0 Å². The highest BCUT2D eigenvalue weighted by atomic mass is 19.2. The van der Waals surface area contributed by atoms with Crippen LogP contribution in [0, 0.1) is 0 Å². The molecule has 0 aromatic rings. The molecule has 1 unspecified atom stereocenters. The zero-order chi connectivity index (χ0) is 10.3. The predicted molar refractivity (Wildman–Crippen MR) is 55.6 cm³/mol. The van der Waals surface area contributed by atoms with E-state index in [9.17, 15) is 4.48 Å². The van der Waals surface area contributed by atoms with E-state index >= 15 is 0 Å². The molecule has 0 aliphatic carbocycles. The van der Waals surface area contributed by atoms with E-state index in [0.717, 1.165) is 5.57 Å². The van der Waals surface area contributed by atoms with E-state index in [2.05, 4.69) is 11.7 Å². The number of hydrogen-bond acceptors (Lipinski definition) is 2. The Labute approximate surface area is 79.4 Å². The van der Waals surface area contributed by atoms with Crippen LogP contribution in [0.25, 0.3) is 0 Å². The molecule has 0 aliphatic heterocycles. The molecule has 0 aromatic heterocycles. The van der Waals surface area contributed by atoms with Gasteiger partial charge in [-0.2, -0.15) is 0 Å². The van der Waals surface area contributed by atoms with Gasteiger partial charge in [-0.25, -0.2) is 0 Å². The lowest BCUT2D eigenvalue weighted by atomic mass is 10.1. The molecule has 1 atom stereocenters. The number of rotatable bonds is 5. The van der Waals surface area contributed by atoms with Gasteiger partial charge < -0.3 is 0 Å². The van der Waals surface area contributed by atoms with Gasteiger partial charge in [-0.1, -0.05) is 18.2 Å². The number of likely N-dealkylation sites (N-methyl/N-ethyl adjacent to an activating group) is 1. The molecule has 2 nitrogen and oxygen atoms in total. The predicted octanol–water partition coefficient (Wildman–Crippen LogP) is 2.39. The smallest absolute Gasteiger partial charge is 0.0710 e. The molecule has 0 aliphatic rings. The standard InChI is InChI=1S/C10H17FN2/c1-5-10(9(2)12-3)7-6-8-13(4)11/h5-7,9H,3,8H2,1-2,4H3/b7-6-,10-5+. The fourth-order valence-corrected chi connectivity index (χ4v) is 0.916. The van der Waals surface area contributed by atoms with Crippen LogP contribution in [0.15, 0.2) is 28.8 Å². The number of hydrogen-bond donors (Lipinski definition) is 0. The summed E-state index contributed by atoms with van der Waals surface area (Å²) in [5.41, 5.74) is 1.05. The van der Waals surface area contributed by atoms with Crippen LogP contribution in [0.2, 0.25) is 0 Å². The highest BCUT2D eigenvalue weighted by Gasteiger charge is 1.99. The number of aliphatic imine (C=N–C) groups is 1. The number of halogens is 1. The van der Waals surface area contributed by atoms with Crippen LogP contribution < -0.4 is 0 Å². The van der Waals surface area contributed by atoms with Crippen molar-refractivity contribution in [3.63, 3.8) is 0 Å². The minimum Gasteiger partial charge on any atom is -0.293 e. The molecule has 3 heteroatoms. The first kappa shape index (κ1) is 12.0. The van der Waals surface area contributed by atoms with Gasteiger partial charge in [0.25, 0.3) is 0 Å². The van der Waals surface area contributed by atoms with Crippen molar-refractivity contribution in [2.24, 2.45) is 4.99 Å². The highest BCUT2D eigenvalue weighted by molar-refractivity contribution is 5.31. The summed E-state index contributed by atoms with van der Waals surface area (Å²) in [5, 5.41) is 0.621. The SMILES string of the molecule is C=NC(C)C(/C=C\CN(C)F)=C/C. The van der Waals surface area contributed by atoms with Crippen molar-refractivity contribution in [1.29, 1.82) is 0 Å². The zero-order valence-corrected chi connectivity index (χ0v) is 8.50. The van der Waals surface area contributed by atoms with Crippen LogP contribution in [0.3, 0.4) is 0 Å². The van der Waals surface area contributed by atoms with Gasteiger partial charge in [-0.05, 0) is 26.1 Å². The van der Waals surface area contributed by atoms with Crippen molar-refractivity contribution >= 4 is 6.72 Å². The van der Waals surface area contributed by atoms with Gasteiger partial charge in [-0.3, -0.25) is 4.99 Å². The third-order valence-electron chi connectivity index (χ3n) is 1.76. The monoisotopic (exact) mass is 184 g/mol. The molecule has 0 bridgehead atoms. The largest absolute Gasteiger partial charge is 0.293 e. The lowest BCUT2D eigenvalue weighted by molar-refractivity contribution is 0.0763. The summed E-state index contributed by atoms with van der Waals surface area (Å²) in [6.45, 7) is 7.64. The van der Waals surface area contributed by atoms with Gasteiger partial charge in [0.05, 0.1) is 6.04 Å². The molecular formula is C10H17FN2. The Morgan fingerprint density at radius 3 is 2.69 bits per heavy atom. The Morgan fingerprint density at radius 1 is 1.69 bits per heavy atom. The maximum Gasteiger partial charge on any atom is 0.0710 e. The van der Waals surface area contributed by atoms with E-state index < -0.39 is 0 Å². The van der Waals surface area contributed by atoms with Crippen molar-refractivity contribution in [3.05, 3.63) is 23.8 Å². The Balaban J connectivity index is 4.14. The van der Waals surface area contributed by atoms with Crippen molar-refractivity contribution < 1.29 is 4.48 Å². The maximum atomic E-state index is 12.3. The molecule has 0 N–H and O–H groups in total. The van der Waals surface area contributed by atoms with E-state index in [4.69, 9.17) is 0 Å². The van der Waals surface area contributed by atoms with E-state index in [1.165, 1.54) is 7.05 Å². The van der Waals surface area contributed by atoms with E-state index in [0.29, 0.717) is 11.7 Å². The summed E-state index contributed by atoms with van der Waals surface area (Å²) in [6, 6.07) is 0.0752. The first-order valence-electron chi connectivity index (χ1n) is 4.27. The van der Waals surface area contributed by atoms with Gasteiger partial charge >= 0.3 is 0 Å². The Bertz CT molecular complexity index is 207. The summed E-state index contributed by atoms with van der Waals surface area (Å²) in [7, 11) is 1.38. The molecule has 0 amide bonds. The number of nitrogens with zero attached hydrogens (tertiary/aromatic N) is 2. The first-order valence-corrected chi connectivity index (χ1v) is 4.27. The van der Waals surface area contributed by atoms with E-state index in [1.807, 2.05) is 26.0 Å². The maximum absolute atomic E-state index is 12.3. The molecule has 74 valence electrons. The van der Waals surface area contributed by atoms with Gasteiger partial charge in [0, 0.05) is 13.6 Å². The highest BCUT2D eigenvalue weighted by Crippen LogP contribution is 2.07. The summed E-state index contributed by atoms with van der Waals surface area (Å²) in [6.07, 6.45) is 5.58. The molecule has 0 rings (SSSR count). The summed E-state index contributed by atoms with van der Waals surface area (Å²) in [5.74, 6) is 0. The van der Waals surface area contributed by atoms with Crippen LogP contribution in [-0.4, -0.2) is 31.5 Å². The minimum absolute atomic E-state index is 0.0752. The second-order valence-electron chi connectivity index (χ2n) is 2.84. The molecule has 0 spiro atoms. The lowest BCUT2D eigenvalue weighted by Crippen LogP contribution is -2.05. The van der Waals surface area contributed by atoms with Crippen LogP contribution in [0.4, 0.5) is 4.48 Å². The van der Waals surface area contributed by atoms with Gasteiger partial charge in [-0.15, -0.1) is 9.60 Å². The minimum atomic E-state index is 0.0752. The lowest BCUT2D eigenvalue weighted by Gasteiger charge is -2.06. The quantitative estimate of drug-likeness (QED) is 0.364. The summed E-state index contributed by atoms with van der Waals surface area (Å²) >= 11 is 0. The second-order valence-corrected chi connectivity index (χ2v) is 2.84. The van der Waals surface area contributed by atoms with Crippen molar-refractivity contribution in [2.45, 2.75) is 19.9 Å². The normalized spacial score (nSPS) is 15.3. The van der Waals surface area contributed by atoms with Gasteiger partial charge in [0.15, 0.2) is 0 Å². The van der Waals surface area contributed by atoms with Crippen molar-refractivity contribution in [3.8, 4) is 0 Å². The van der Waals surface area contributed by atoms with Crippen LogP contribution in [0.5, 0.6) is 0 Å². The molecule has 0 saturated heterocycles. The molecule has 0 saturated carbocycles. The molecule has 0 aromatic carbocycles. The topological polar surface area (TPSA) is 15.6 Å². The molecule has 13 heavy (non-hydrogen) atoms. The fourth-order valence-electron chi connectivity index (χ4n) is 0.916. The average Bonchev–Trinajstić information content (AvgIpc) is 2.11. The van der Waals surface area contributed by atoms with Gasteiger partial charge in [0.1, 0.15) is 0 Å². The molecule has 0 fully saturated rings. The van der Waals surface area contributed by atoms with Crippen LogP contribution >= 0.6 is 0 Å². The van der Waals surface area contributed by atoms with Crippen LogP contribution in [-0.2, 0) is 0 Å². The fraction of sp³-hybridized carbons (Fsp3) is 0.500. The third kappa shape index (κ3) is 5.31. The molecule has 0 radical (unpaired) electrons. The molecule has 0 heterocycles. The average molecular weight is 184 g/mol. The molecular weight excluding hydrogens is 167 g/mol. The first-order chi connectivity index (χ1) is 6.11. The number of allylic oxidation sites excluding steroid dienone is 1. The summed E-state index contributed by atoms with van der Waals surface area (Å²) < 4.78 is 12.3. The second kappa shape index (κ2) is 6.54. The third-order valence-corrected chi connectivity index (χ3v) is 1.76. The van der Waals surface area contributed by atoms with Crippen LogP contribution in [0.1, 0.15) is 13.8 Å². The van der Waals surface area contributed by atoms with E-state index in [-0.39, 0.29) is 6.04 Å². The Kier molecular flexibility index (Phi) is 6.06. The van der Waals surface area contributed by atoms with E-state index in [1.54, 1.807) is 6.08 Å². The Hall–Kier alpha value is -0.960. The zero-order valence-electron chi connectivity index (χ0n) is 8.50. The van der Waals surface area contributed by atoms with Crippen molar-refractivity contribution in [1.82, 2.24) is 5.12 Å². The van der Waals surface area contributed by atoms with Crippen molar-refractivity contribution in [2.75, 3.05) is 13.6 Å². The summed E-state index contributed by atoms with van der Waals surface area (Å²) in [4.78, 5) is 3.88. The Morgan fingerprint density at radius 2 is 2.31 bits per heavy atom.